The van der Waals surface area contributed by atoms with E-state index >= 15 is 0 Å². The molecule has 0 amide bonds. The quantitative estimate of drug-likeness (QED) is 0.697. The van der Waals surface area contributed by atoms with Gasteiger partial charge in [-0.25, -0.2) is 0 Å². The molecule has 0 aromatic carbocycles. The molecule has 1 saturated heterocycles. The van der Waals surface area contributed by atoms with Crippen LogP contribution in [0, 0.1) is 11.8 Å². The zero-order chi connectivity index (χ0) is 11.5. The fourth-order valence-corrected chi connectivity index (χ4v) is 3.32. The second kappa shape index (κ2) is 5.50. The molecule has 3 unspecified atom stereocenters. The van der Waals surface area contributed by atoms with Crippen LogP contribution in [0.1, 0.15) is 46.5 Å². The molecule has 1 aliphatic carbocycles. The van der Waals surface area contributed by atoms with E-state index in [4.69, 9.17) is 0 Å². The fourth-order valence-electron chi connectivity index (χ4n) is 3.32. The molecule has 2 nitrogen and oxygen atoms in total. The van der Waals surface area contributed by atoms with Gasteiger partial charge in [-0.3, -0.25) is 4.90 Å². The smallest absolute Gasteiger partial charge is 0.0195 e. The van der Waals surface area contributed by atoms with Gasteiger partial charge in [0.1, 0.15) is 0 Å². The van der Waals surface area contributed by atoms with E-state index < -0.39 is 0 Å². The summed E-state index contributed by atoms with van der Waals surface area (Å²) in [6, 6.07) is 1.66. The van der Waals surface area contributed by atoms with Gasteiger partial charge in [-0.15, -0.1) is 0 Å². The van der Waals surface area contributed by atoms with Crippen molar-refractivity contribution in [3.63, 3.8) is 0 Å². The lowest BCUT2D eigenvalue weighted by atomic mass is 10.1. The van der Waals surface area contributed by atoms with E-state index in [0.29, 0.717) is 0 Å². The van der Waals surface area contributed by atoms with Crippen LogP contribution in [0.4, 0.5) is 0 Å². The van der Waals surface area contributed by atoms with E-state index in [1.807, 2.05) is 0 Å². The second-order valence-corrected chi connectivity index (χ2v) is 6.27. The van der Waals surface area contributed by atoms with Crippen LogP contribution in [0.2, 0.25) is 0 Å². The molecule has 0 spiro atoms. The van der Waals surface area contributed by atoms with Crippen LogP contribution in [-0.4, -0.2) is 36.6 Å². The molecule has 16 heavy (non-hydrogen) atoms. The largest absolute Gasteiger partial charge is 0.315 e. The third-order valence-electron chi connectivity index (χ3n) is 4.36. The first kappa shape index (κ1) is 12.4. The number of hydrogen-bond donors (Lipinski definition) is 1. The molecular weight excluding hydrogens is 196 g/mol. The van der Waals surface area contributed by atoms with Gasteiger partial charge in [-0.05, 0) is 51.0 Å². The van der Waals surface area contributed by atoms with Crippen molar-refractivity contribution in [2.24, 2.45) is 11.8 Å². The fraction of sp³-hybridized carbons (Fsp3) is 1.00. The lowest BCUT2D eigenvalue weighted by molar-refractivity contribution is 0.156. The highest BCUT2D eigenvalue weighted by Gasteiger charge is 2.39. The van der Waals surface area contributed by atoms with E-state index in [1.165, 1.54) is 45.3 Å². The zero-order valence-corrected chi connectivity index (χ0v) is 11.2. The Balaban J connectivity index is 1.63. The number of nitrogens with zero attached hydrogens (tertiary/aromatic N) is 1. The van der Waals surface area contributed by atoms with Crippen molar-refractivity contribution in [1.82, 2.24) is 10.2 Å². The first-order valence-corrected chi connectivity index (χ1v) is 7.13. The summed E-state index contributed by atoms with van der Waals surface area (Å²) in [5.74, 6) is 1.86. The molecule has 1 saturated carbocycles. The van der Waals surface area contributed by atoms with Crippen molar-refractivity contribution in [3.05, 3.63) is 0 Å². The molecule has 2 fully saturated rings. The molecule has 2 rings (SSSR count). The molecule has 2 bridgehead atoms. The molecule has 1 N–H and O–H groups in total. The van der Waals surface area contributed by atoms with Gasteiger partial charge in [0.25, 0.3) is 0 Å². The standard InChI is InChI=1S/C14H28N2/c1-11(2)6-7-15-9-12(3)16-10-13-4-5-14(16)8-13/h11-15H,4-10H2,1-3H3. The van der Waals surface area contributed by atoms with Crippen LogP contribution in [-0.2, 0) is 0 Å². The minimum Gasteiger partial charge on any atom is -0.315 e. The molecule has 0 aromatic rings. The van der Waals surface area contributed by atoms with Crippen LogP contribution in [0.15, 0.2) is 0 Å². The van der Waals surface area contributed by atoms with Gasteiger partial charge in [0.2, 0.25) is 0 Å². The predicted octanol–water partition coefficient (Wildman–Crippen LogP) is 2.49. The van der Waals surface area contributed by atoms with E-state index in [2.05, 4.69) is 31.0 Å². The maximum Gasteiger partial charge on any atom is 0.0195 e. The van der Waals surface area contributed by atoms with Crippen molar-refractivity contribution in [2.75, 3.05) is 19.6 Å². The Bertz CT molecular complexity index is 215. The Kier molecular flexibility index (Phi) is 4.26. The minimum atomic E-state index is 0.738. The lowest BCUT2D eigenvalue weighted by Crippen LogP contribution is -2.44. The van der Waals surface area contributed by atoms with Gasteiger partial charge in [0, 0.05) is 25.2 Å². The van der Waals surface area contributed by atoms with Gasteiger partial charge in [0.05, 0.1) is 0 Å². The summed E-state index contributed by atoms with van der Waals surface area (Å²) in [4.78, 5) is 2.75. The van der Waals surface area contributed by atoms with Crippen molar-refractivity contribution in [1.29, 1.82) is 0 Å². The summed E-state index contributed by atoms with van der Waals surface area (Å²) < 4.78 is 0. The number of piperidine rings is 1. The van der Waals surface area contributed by atoms with Gasteiger partial charge >= 0.3 is 0 Å². The molecule has 1 aliphatic heterocycles. The topological polar surface area (TPSA) is 15.3 Å². The van der Waals surface area contributed by atoms with Crippen LogP contribution >= 0.6 is 0 Å². The molecule has 94 valence electrons. The van der Waals surface area contributed by atoms with Crippen LogP contribution in [0.25, 0.3) is 0 Å². The Hall–Kier alpha value is -0.0800. The zero-order valence-electron chi connectivity index (χ0n) is 11.2. The summed E-state index contributed by atoms with van der Waals surface area (Å²) >= 11 is 0. The van der Waals surface area contributed by atoms with E-state index in [9.17, 15) is 0 Å². The molecule has 1 heterocycles. The average molecular weight is 224 g/mol. The number of rotatable bonds is 6. The van der Waals surface area contributed by atoms with Gasteiger partial charge in [-0.2, -0.15) is 0 Å². The summed E-state index contributed by atoms with van der Waals surface area (Å²) in [5.41, 5.74) is 0. The molecule has 0 aromatic heterocycles. The highest BCUT2D eigenvalue weighted by molar-refractivity contribution is 4.94. The van der Waals surface area contributed by atoms with Crippen molar-refractivity contribution in [3.8, 4) is 0 Å². The summed E-state index contributed by atoms with van der Waals surface area (Å²) in [6.07, 6.45) is 5.74. The normalized spacial score (nSPS) is 31.5. The predicted molar refractivity (Wildman–Crippen MR) is 69.6 cm³/mol. The van der Waals surface area contributed by atoms with Gasteiger partial charge in [-0.1, -0.05) is 13.8 Å². The van der Waals surface area contributed by atoms with Crippen molar-refractivity contribution >= 4 is 0 Å². The highest BCUT2D eigenvalue weighted by atomic mass is 15.2. The number of fused-ring (bicyclic) bond motifs is 2. The first-order chi connectivity index (χ1) is 7.66. The maximum absolute atomic E-state index is 3.61. The van der Waals surface area contributed by atoms with Gasteiger partial charge in [0.15, 0.2) is 0 Å². The van der Waals surface area contributed by atoms with E-state index in [-0.39, 0.29) is 0 Å². The number of hydrogen-bond acceptors (Lipinski definition) is 2. The number of likely N-dealkylation sites (tertiary alicyclic amines) is 1. The Morgan fingerprint density at radius 1 is 1.25 bits per heavy atom. The maximum atomic E-state index is 3.61. The average Bonchev–Trinajstić information content (AvgIpc) is 2.85. The van der Waals surface area contributed by atoms with Crippen molar-refractivity contribution in [2.45, 2.75) is 58.5 Å². The Labute approximate surface area is 101 Å². The highest BCUT2D eigenvalue weighted by Crippen LogP contribution is 2.38. The Morgan fingerprint density at radius 3 is 2.62 bits per heavy atom. The van der Waals surface area contributed by atoms with Crippen LogP contribution in [0.3, 0.4) is 0 Å². The molecule has 2 aliphatic rings. The summed E-state index contributed by atoms with van der Waals surface area (Å²) in [7, 11) is 0. The second-order valence-electron chi connectivity index (χ2n) is 6.27. The molecule has 2 heteroatoms. The molecule has 3 atom stereocenters. The monoisotopic (exact) mass is 224 g/mol. The van der Waals surface area contributed by atoms with E-state index in [1.54, 1.807) is 0 Å². The Morgan fingerprint density at radius 2 is 2.06 bits per heavy atom. The molecular formula is C14H28N2. The van der Waals surface area contributed by atoms with Crippen molar-refractivity contribution < 1.29 is 0 Å². The van der Waals surface area contributed by atoms with Crippen LogP contribution in [0.5, 0.6) is 0 Å². The van der Waals surface area contributed by atoms with Crippen LogP contribution < -0.4 is 5.32 Å². The SMILES string of the molecule is CC(C)CCNCC(C)N1CC2CCC1C2. The first-order valence-electron chi connectivity index (χ1n) is 7.13. The summed E-state index contributed by atoms with van der Waals surface area (Å²) in [5, 5.41) is 3.61. The lowest BCUT2D eigenvalue weighted by Gasteiger charge is -2.33. The van der Waals surface area contributed by atoms with E-state index in [0.717, 1.165) is 23.9 Å². The number of nitrogens with one attached hydrogen (secondary N) is 1. The minimum absolute atomic E-state index is 0.738. The van der Waals surface area contributed by atoms with Gasteiger partial charge < -0.3 is 5.32 Å². The third kappa shape index (κ3) is 2.98. The molecule has 0 radical (unpaired) electrons. The summed E-state index contributed by atoms with van der Waals surface area (Å²) in [6.45, 7) is 10.7. The third-order valence-corrected chi connectivity index (χ3v) is 4.36.